The average molecular weight is 861 g/mol. The number of fused-ring (bicyclic) bond motifs is 11. The Hall–Kier alpha value is -6.02. The number of hydrogen-bond donors (Lipinski definition) is 0. The van der Waals surface area contributed by atoms with Gasteiger partial charge < -0.3 is 4.74 Å². The Kier molecular flexibility index (Phi) is 9.81. The van der Waals surface area contributed by atoms with Crippen LogP contribution in [0.25, 0.3) is 86.8 Å². The lowest BCUT2D eigenvalue weighted by molar-refractivity contribution is 0.414. The van der Waals surface area contributed by atoms with E-state index in [1.807, 2.05) is 11.3 Å². The van der Waals surface area contributed by atoms with Crippen molar-refractivity contribution in [1.82, 2.24) is 19.9 Å². The van der Waals surface area contributed by atoms with Gasteiger partial charge in [0.25, 0.3) is 0 Å². The van der Waals surface area contributed by atoms with Crippen LogP contribution in [0.3, 0.4) is 0 Å². The third kappa shape index (κ3) is 7.45. The molecule has 9 aromatic rings. The van der Waals surface area contributed by atoms with Crippen LogP contribution in [0.4, 0.5) is 0 Å². The highest BCUT2D eigenvalue weighted by atomic mass is 32.1. The van der Waals surface area contributed by atoms with Gasteiger partial charge in [0.05, 0.1) is 31.8 Å². The number of aromatic nitrogens is 4. The fourth-order valence-electron chi connectivity index (χ4n) is 8.88. The summed E-state index contributed by atoms with van der Waals surface area (Å²) in [6.07, 6.45) is 4.44. The Morgan fingerprint density at radius 3 is 1.44 bits per heavy atom. The largest absolute Gasteiger partial charge is 0.457 e. The molecule has 7 heteroatoms. The maximum Gasteiger partial charge on any atom is 0.128 e. The summed E-state index contributed by atoms with van der Waals surface area (Å²) in [5.74, 6) is 1.53. The number of benzene rings is 5. The standard InChI is InChI=1S/C56H52N4OS2/c1-32-45(29-54(2,3)4)62-52-47(32)57-30-58-48(52)33-23-35(55(5,6)7)27-37(25-33)61-38-26-34(24-36(28-38)56(8,9)10)49-53-50(60-31-59-49)46-43-21-15-13-19-41(43)39-17-11-12-18-40(39)42-20-14-16-22-44(42)51(46)63-53/h11-28,30-31H,29H2,1-10H3. The van der Waals surface area contributed by atoms with Gasteiger partial charge in [0, 0.05) is 32.0 Å². The van der Waals surface area contributed by atoms with E-state index in [-0.39, 0.29) is 16.2 Å². The van der Waals surface area contributed by atoms with Gasteiger partial charge in [-0.3, -0.25) is 0 Å². The maximum absolute atomic E-state index is 7.06. The van der Waals surface area contributed by atoms with Gasteiger partial charge >= 0.3 is 0 Å². The Balaban J connectivity index is 1.14. The van der Waals surface area contributed by atoms with Crippen LogP contribution in [0.5, 0.6) is 11.5 Å². The van der Waals surface area contributed by atoms with Crippen LogP contribution in [-0.2, 0) is 17.3 Å². The summed E-state index contributed by atoms with van der Waals surface area (Å²) in [7, 11) is 0. The summed E-state index contributed by atoms with van der Waals surface area (Å²) in [5.41, 5.74) is 17.7. The van der Waals surface area contributed by atoms with Gasteiger partial charge in [-0.15, -0.1) is 22.7 Å². The molecule has 63 heavy (non-hydrogen) atoms. The first-order valence-corrected chi connectivity index (χ1v) is 23.4. The summed E-state index contributed by atoms with van der Waals surface area (Å²) in [5, 5.41) is 0. The molecule has 1 aliphatic carbocycles. The second-order valence-corrected chi connectivity index (χ2v) is 22.4. The molecule has 0 radical (unpaired) electrons. The number of hydrogen-bond acceptors (Lipinski definition) is 7. The summed E-state index contributed by atoms with van der Waals surface area (Å²) in [6.45, 7) is 22.6. The fraction of sp³-hybridized carbons (Fsp3) is 0.250. The summed E-state index contributed by atoms with van der Waals surface area (Å²) in [6, 6.07) is 39.6. The lowest BCUT2D eigenvalue weighted by Crippen LogP contribution is -2.12. The molecule has 0 saturated carbocycles. The molecule has 314 valence electrons. The van der Waals surface area contributed by atoms with Crippen molar-refractivity contribution in [1.29, 1.82) is 0 Å². The van der Waals surface area contributed by atoms with Crippen LogP contribution in [0.2, 0.25) is 0 Å². The first-order chi connectivity index (χ1) is 30.0. The van der Waals surface area contributed by atoms with Crippen LogP contribution in [0, 0.1) is 12.3 Å². The van der Waals surface area contributed by atoms with E-state index in [0.717, 1.165) is 72.0 Å². The second kappa shape index (κ2) is 15.1. The number of nitrogens with zero attached hydrogens (tertiary/aromatic N) is 4. The molecule has 5 nitrogen and oxygen atoms in total. The molecule has 0 atom stereocenters. The number of ether oxygens (including phenoxy) is 1. The predicted molar refractivity (Wildman–Crippen MR) is 266 cm³/mol. The molecule has 0 saturated heterocycles. The zero-order chi connectivity index (χ0) is 44.0. The van der Waals surface area contributed by atoms with E-state index in [9.17, 15) is 0 Å². The fourth-order valence-corrected chi connectivity index (χ4v) is 11.8. The summed E-state index contributed by atoms with van der Waals surface area (Å²) >= 11 is 3.61. The molecule has 0 N–H and O–H groups in total. The summed E-state index contributed by atoms with van der Waals surface area (Å²) in [4.78, 5) is 22.5. The lowest BCUT2D eigenvalue weighted by Gasteiger charge is -2.23. The van der Waals surface area contributed by atoms with Crippen molar-refractivity contribution < 1.29 is 4.74 Å². The van der Waals surface area contributed by atoms with Crippen LogP contribution in [0.1, 0.15) is 83.9 Å². The van der Waals surface area contributed by atoms with E-state index < -0.39 is 0 Å². The number of thiophene rings is 2. The SMILES string of the molecule is Cc1c(CC(C)(C)C)sc2c(-c3cc(Oc4cc(-c5ncnc6c7c(sc56)-c5ccccc5-c5ccccc5-c5ccccc5-7)cc(C(C)(C)C)c4)cc(C(C)(C)C)c3)ncnc12. The molecule has 4 aromatic heterocycles. The molecule has 0 amide bonds. The summed E-state index contributed by atoms with van der Waals surface area (Å²) < 4.78 is 9.23. The van der Waals surface area contributed by atoms with Crippen LogP contribution in [-0.4, -0.2) is 19.9 Å². The molecule has 0 fully saturated rings. The highest BCUT2D eigenvalue weighted by Crippen LogP contribution is 2.54. The molecule has 0 bridgehead atoms. The van der Waals surface area contributed by atoms with Crippen molar-refractivity contribution >= 4 is 43.1 Å². The molecular weight excluding hydrogens is 809 g/mol. The van der Waals surface area contributed by atoms with Crippen molar-refractivity contribution in [2.24, 2.45) is 5.41 Å². The van der Waals surface area contributed by atoms with E-state index >= 15 is 0 Å². The Labute approximate surface area is 379 Å². The predicted octanol–water partition coefficient (Wildman–Crippen LogP) is 16.3. The van der Waals surface area contributed by atoms with Gasteiger partial charge in [-0.2, -0.15) is 0 Å². The molecule has 0 unspecified atom stereocenters. The van der Waals surface area contributed by atoms with Crippen molar-refractivity contribution in [3.05, 3.63) is 143 Å². The van der Waals surface area contributed by atoms with Crippen molar-refractivity contribution in [3.8, 4) is 77.8 Å². The minimum Gasteiger partial charge on any atom is -0.457 e. The quantitative estimate of drug-likeness (QED) is 0.172. The second-order valence-electron chi connectivity index (χ2n) is 20.2. The topological polar surface area (TPSA) is 60.8 Å². The lowest BCUT2D eigenvalue weighted by atomic mass is 9.83. The molecule has 0 spiro atoms. The highest BCUT2D eigenvalue weighted by molar-refractivity contribution is 7.23. The van der Waals surface area contributed by atoms with Crippen molar-refractivity contribution in [2.45, 2.75) is 86.5 Å². The highest BCUT2D eigenvalue weighted by Gasteiger charge is 2.29. The molecule has 1 aliphatic rings. The van der Waals surface area contributed by atoms with Gasteiger partial charge in [-0.1, -0.05) is 135 Å². The number of rotatable bonds is 5. The molecule has 0 aliphatic heterocycles. The Morgan fingerprint density at radius 2 is 0.937 bits per heavy atom. The zero-order valence-electron chi connectivity index (χ0n) is 37.8. The van der Waals surface area contributed by atoms with Crippen molar-refractivity contribution in [3.63, 3.8) is 0 Å². The van der Waals surface area contributed by atoms with Crippen LogP contribution in [0.15, 0.2) is 122 Å². The minimum absolute atomic E-state index is 0.136. The van der Waals surface area contributed by atoms with Gasteiger partial charge in [0.1, 0.15) is 24.2 Å². The van der Waals surface area contributed by atoms with Crippen LogP contribution < -0.4 is 4.74 Å². The van der Waals surface area contributed by atoms with E-state index in [0.29, 0.717) is 0 Å². The van der Waals surface area contributed by atoms with Crippen LogP contribution >= 0.6 is 22.7 Å². The Morgan fingerprint density at radius 1 is 0.492 bits per heavy atom. The molecular formula is C56H52N4OS2. The minimum atomic E-state index is -0.165. The molecule has 4 heterocycles. The van der Waals surface area contributed by atoms with Gasteiger partial charge in [0.2, 0.25) is 0 Å². The van der Waals surface area contributed by atoms with Gasteiger partial charge in [-0.05, 0) is 110 Å². The third-order valence-corrected chi connectivity index (χ3v) is 14.7. The average Bonchev–Trinajstić information content (AvgIpc) is 3.78. The van der Waals surface area contributed by atoms with Gasteiger partial charge in [0.15, 0.2) is 0 Å². The normalized spacial score (nSPS) is 12.7. The molecule has 10 rings (SSSR count). The van der Waals surface area contributed by atoms with E-state index in [4.69, 9.17) is 24.7 Å². The van der Waals surface area contributed by atoms with E-state index in [2.05, 4.69) is 178 Å². The van der Waals surface area contributed by atoms with E-state index in [1.54, 1.807) is 24.0 Å². The van der Waals surface area contributed by atoms with Gasteiger partial charge in [-0.25, -0.2) is 19.9 Å². The third-order valence-electron chi connectivity index (χ3n) is 12.2. The first-order valence-electron chi connectivity index (χ1n) is 21.8. The maximum atomic E-state index is 7.06. The molecule has 5 aromatic carbocycles. The zero-order valence-corrected chi connectivity index (χ0v) is 39.4. The van der Waals surface area contributed by atoms with Crippen molar-refractivity contribution in [2.75, 3.05) is 0 Å². The van der Waals surface area contributed by atoms with E-state index in [1.165, 1.54) is 54.3 Å². The monoisotopic (exact) mass is 860 g/mol. The Bertz CT molecular complexity index is 3260. The smallest absolute Gasteiger partial charge is 0.128 e. The number of aryl methyl sites for hydroxylation is 1. The first kappa shape index (κ1) is 41.0.